The van der Waals surface area contributed by atoms with Gasteiger partial charge < -0.3 is 9.47 Å². The first kappa shape index (κ1) is 20.7. The summed E-state index contributed by atoms with van der Waals surface area (Å²) in [5, 5.41) is 0. The van der Waals surface area contributed by atoms with Gasteiger partial charge in [0.25, 0.3) is 10.0 Å². The highest BCUT2D eigenvalue weighted by molar-refractivity contribution is 7.92. The zero-order valence-corrected chi connectivity index (χ0v) is 17.2. The third-order valence-corrected chi connectivity index (χ3v) is 6.24. The Morgan fingerprint density at radius 1 is 0.897 bits per heavy atom. The Labute approximate surface area is 170 Å². The second-order valence-corrected chi connectivity index (χ2v) is 8.39. The molecular formula is C22H22FNO4S. The van der Waals surface area contributed by atoms with Crippen LogP contribution in [0.1, 0.15) is 11.1 Å². The summed E-state index contributed by atoms with van der Waals surface area (Å²) in [5.41, 5.74) is 1.82. The van der Waals surface area contributed by atoms with Crippen molar-refractivity contribution >= 4 is 15.7 Å². The van der Waals surface area contributed by atoms with E-state index in [9.17, 15) is 12.8 Å². The number of nitrogens with zero attached hydrogens (tertiary/aromatic N) is 1. The predicted molar refractivity (Wildman–Crippen MR) is 110 cm³/mol. The molecule has 0 heterocycles. The Kier molecular flexibility index (Phi) is 6.08. The molecule has 3 rings (SSSR count). The molecule has 0 atom stereocenters. The van der Waals surface area contributed by atoms with Crippen LogP contribution in [0.15, 0.2) is 71.6 Å². The fourth-order valence-corrected chi connectivity index (χ4v) is 4.33. The van der Waals surface area contributed by atoms with Crippen LogP contribution in [0.4, 0.5) is 10.1 Å². The number of anilines is 1. The van der Waals surface area contributed by atoms with E-state index >= 15 is 0 Å². The summed E-state index contributed by atoms with van der Waals surface area (Å²) in [7, 11) is -0.952. The summed E-state index contributed by atoms with van der Waals surface area (Å²) < 4.78 is 52.5. The summed E-state index contributed by atoms with van der Waals surface area (Å²) in [4.78, 5) is 0.140. The smallest absolute Gasteiger partial charge is 0.264 e. The quantitative estimate of drug-likeness (QED) is 0.568. The van der Waals surface area contributed by atoms with Gasteiger partial charge in [0.2, 0.25) is 0 Å². The molecule has 0 aliphatic rings. The fourth-order valence-electron chi connectivity index (χ4n) is 2.89. The molecule has 0 fully saturated rings. The van der Waals surface area contributed by atoms with Gasteiger partial charge in [-0.2, -0.15) is 0 Å². The van der Waals surface area contributed by atoms with Gasteiger partial charge in [-0.1, -0.05) is 29.8 Å². The molecule has 0 amide bonds. The number of ether oxygens (including phenoxy) is 2. The van der Waals surface area contributed by atoms with E-state index in [1.807, 2.05) is 6.92 Å². The van der Waals surface area contributed by atoms with Crippen molar-refractivity contribution in [2.45, 2.75) is 18.4 Å². The number of hydrogen-bond donors (Lipinski definition) is 0. The van der Waals surface area contributed by atoms with E-state index in [0.717, 1.165) is 5.56 Å². The monoisotopic (exact) mass is 415 g/mol. The summed E-state index contributed by atoms with van der Waals surface area (Å²) in [6, 6.07) is 17.3. The summed E-state index contributed by atoms with van der Waals surface area (Å²) in [6.07, 6.45) is 0. The Hall–Kier alpha value is -3.06. The minimum atomic E-state index is -3.93. The molecule has 0 saturated heterocycles. The third-order valence-electron chi connectivity index (χ3n) is 4.45. The molecule has 5 nitrogen and oxygen atoms in total. The van der Waals surface area contributed by atoms with Crippen LogP contribution in [0.25, 0.3) is 0 Å². The second-order valence-electron chi connectivity index (χ2n) is 6.53. The third kappa shape index (κ3) is 4.68. The molecule has 0 bridgehead atoms. The molecule has 3 aromatic rings. The highest BCUT2D eigenvalue weighted by Gasteiger charge is 2.26. The van der Waals surface area contributed by atoms with Crippen LogP contribution in [-0.2, 0) is 16.6 Å². The van der Waals surface area contributed by atoms with Gasteiger partial charge in [0.1, 0.15) is 17.3 Å². The second kappa shape index (κ2) is 8.53. The lowest BCUT2D eigenvalue weighted by molar-refractivity contribution is 0.394. The Balaban J connectivity index is 2.15. The maximum absolute atomic E-state index is 13.7. The van der Waals surface area contributed by atoms with Crippen molar-refractivity contribution in [1.29, 1.82) is 0 Å². The SMILES string of the molecule is COc1cc(OC)cc(N(Cc2cccc(F)c2)S(=O)(=O)c2ccc(C)cc2)c1. The minimum Gasteiger partial charge on any atom is -0.497 e. The fraction of sp³-hybridized carbons (Fsp3) is 0.182. The molecule has 7 heteroatoms. The maximum atomic E-state index is 13.7. The first-order valence-electron chi connectivity index (χ1n) is 8.90. The Bertz CT molecular complexity index is 1080. The molecule has 0 saturated carbocycles. The summed E-state index contributed by atoms with van der Waals surface area (Å²) >= 11 is 0. The average Bonchev–Trinajstić information content (AvgIpc) is 2.71. The normalized spacial score (nSPS) is 11.2. The molecule has 0 unspecified atom stereocenters. The van der Waals surface area contributed by atoms with Crippen LogP contribution in [-0.4, -0.2) is 22.6 Å². The number of methoxy groups -OCH3 is 2. The van der Waals surface area contributed by atoms with Crippen LogP contribution >= 0.6 is 0 Å². The van der Waals surface area contributed by atoms with E-state index in [-0.39, 0.29) is 11.4 Å². The van der Waals surface area contributed by atoms with Gasteiger partial charge in [-0.05, 0) is 36.8 Å². The largest absolute Gasteiger partial charge is 0.497 e. The van der Waals surface area contributed by atoms with Gasteiger partial charge in [-0.3, -0.25) is 4.31 Å². The number of halogens is 1. The molecule has 3 aromatic carbocycles. The lowest BCUT2D eigenvalue weighted by atomic mass is 10.2. The van der Waals surface area contributed by atoms with E-state index < -0.39 is 15.8 Å². The highest BCUT2D eigenvalue weighted by atomic mass is 32.2. The van der Waals surface area contributed by atoms with E-state index in [1.165, 1.54) is 30.7 Å². The van der Waals surface area contributed by atoms with Crippen molar-refractivity contribution in [2.75, 3.05) is 18.5 Å². The van der Waals surface area contributed by atoms with Crippen molar-refractivity contribution < 1.29 is 22.3 Å². The standard InChI is InChI=1S/C22H22FNO4S/c1-16-7-9-22(10-8-16)29(25,26)24(15-17-5-4-6-18(23)11-17)19-12-20(27-2)14-21(13-19)28-3/h4-14H,15H2,1-3H3. The predicted octanol–water partition coefficient (Wildman–Crippen LogP) is 4.55. The van der Waals surface area contributed by atoms with Crippen LogP contribution in [0.5, 0.6) is 11.5 Å². The Morgan fingerprint density at radius 2 is 1.52 bits per heavy atom. The average molecular weight is 415 g/mol. The molecule has 0 aliphatic heterocycles. The molecule has 152 valence electrons. The van der Waals surface area contributed by atoms with Crippen LogP contribution < -0.4 is 13.8 Å². The zero-order valence-electron chi connectivity index (χ0n) is 16.4. The molecule has 0 radical (unpaired) electrons. The molecule has 0 aliphatic carbocycles. The number of sulfonamides is 1. The van der Waals surface area contributed by atoms with Gasteiger partial charge in [-0.15, -0.1) is 0 Å². The van der Waals surface area contributed by atoms with E-state index in [4.69, 9.17) is 9.47 Å². The number of benzene rings is 3. The van der Waals surface area contributed by atoms with Crippen molar-refractivity contribution in [3.63, 3.8) is 0 Å². The minimum absolute atomic E-state index is 0.0513. The van der Waals surface area contributed by atoms with Crippen LogP contribution in [0, 0.1) is 12.7 Å². The Morgan fingerprint density at radius 3 is 2.07 bits per heavy atom. The number of hydrogen-bond acceptors (Lipinski definition) is 4. The topological polar surface area (TPSA) is 55.8 Å². The van der Waals surface area contributed by atoms with E-state index in [2.05, 4.69) is 0 Å². The number of rotatable bonds is 7. The van der Waals surface area contributed by atoms with Crippen molar-refractivity contribution in [3.8, 4) is 11.5 Å². The molecular weight excluding hydrogens is 393 g/mol. The van der Waals surface area contributed by atoms with Gasteiger partial charge >= 0.3 is 0 Å². The van der Waals surface area contributed by atoms with Gasteiger partial charge in [-0.25, -0.2) is 12.8 Å². The lowest BCUT2D eigenvalue weighted by Crippen LogP contribution is -2.30. The summed E-state index contributed by atoms with van der Waals surface area (Å²) in [5.74, 6) is 0.462. The van der Waals surface area contributed by atoms with Gasteiger partial charge in [0, 0.05) is 18.2 Å². The molecule has 0 N–H and O–H groups in total. The lowest BCUT2D eigenvalue weighted by Gasteiger charge is -2.25. The maximum Gasteiger partial charge on any atom is 0.264 e. The molecule has 0 spiro atoms. The van der Waals surface area contributed by atoms with Crippen LogP contribution in [0.2, 0.25) is 0 Å². The van der Waals surface area contributed by atoms with Crippen molar-refractivity contribution in [1.82, 2.24) is 0 Å². The van der Waals surface area contributed by atoms with Crippen molar-refractivity contribution in [2.24, 2.45) is 0 Å². The first-order valence-corrected chi connectivity index (χ1v) is 10.3. The van der Waals surface area contributed by atoms with Gasteiger partial charge in [0.15, 0.2) is 0 Å². The molecule has 29 heavy (non-hydrogen) atoms. The first-order chi connectivity index (χ1) is 13.8. The van der Waals surface area contributed by atoms with E-state index in [0.29, 0.717) is 22.7 Å². The van der Waals surface area contributed by atoms with Crippen molar-refractivity contribution in [3.05, 3.63) is 83.7 Å². The van der Waals surface area contributed by atoms with Gasteiger partial charge in [0.05, 0.1) is 31.3 Å². The molecule has 0 aromatic heterocycles. The van der Waals surface area contributed by atoms with Crippen LogP contribution in [0.3, 0.4) is 0 Å². The zero-order chi connectivity index (χ0) is 21.0. The summed E-state index contributed by atoms with van der Waals surface area (Å²) in [6.45, 7) is 1.83. The van der Waals surface area contributed by atoms with E-state index in [1.54, 1.807) is 54.6 Å². The highest BCUT2D eigenvalue weighted by Crippen LogP contribution is 2.33. The number of aryl methyl sites for hydroxylation is 1.